The molecule has 8 heteroatoms. The van der Waals surface area contributed by atoms with Crippen LogP contribution in [0, 0.1) is 25.6 Å². The normalized spacial score (nSPS) is 13.5. The van der Waals surface area contributed by atoms with Gasteiger partial charge in [-0.2, -0.15) is 10.2 Å². The Morgan fingerprint density at radius 2 is 1.84 bits per heavy atom. The van der Waals surface area contributed by atoms with Crippen molar-refractivity contribution in [1.82, 2.24) is 29.5 Å². The van der Waals surface area contributed by atoms with Crippen LogP contribution < -0.4 is 4.74 Å². The Balaban J connectivity index is 1.54. The van der Waals surface area contributed by atoms with Crippen LogP contribution in [-0.2, 0) is 13.0 Å². The van der Waals surface area contributed by atoms with Crippen LogP contribution in [0.2, 0.25) is 0 Å². The van der Waals surface area contributed by atoms with E-state index in [2.05, 4.69) is 15.1 Å². The molecule has 164 valence electrons. The van der Waals surface area contributed by atoms with Gasteiger partial charge in [-0.15, -0.1) is 0 Å². The van der Waals surface area contributed by atoms with Gasteiger partial charge in [-0.3, -0.25) is 4.68 Å². The highest BCUT2D eigenvalue weighted by molar-refractivity contribution is 5.68. The smallest absolute Gasteiger partial charge is 0.168 e. The molecule has 0 unspecified atom stereocenters. The second kappa shape index (κ2) is 8.18. The summed E-state index contributed by atoms with van der Waals surface area (Å²) >= 11 is 0. The summed E-state index contributed by atoms with van der Waals surface area (Å²) in [5.41, 5.74) is 5.30. The van der Waals surface area contributed by atoms with Crippen LogP contribution in [0.15, 0.2) is 42.7 Å². The average Bonchev–Trinajstić information content (AvgIpc) is 3.45. The van der Waals surface area contributed by atoms with Crippen LogP contribution in [0.4, 0.5) is 4.39 Å². The van der Waals surface area contributed by atoms with Gasteiger partial charge in [0.15, 0.2) is 11.6 Å². The third-order valence-electron chi connectivity index (χ3n) is 5.74. The SMILES string of the molecule is COc1c(-c2ccc(F)cc2)nn(CC2CC2)c1Cc1cc(-n2nc(C)cc2C)ncn1. The number of aryl methyl sites for hydroxylation is 2. The first-order chi connectivity index (χ1) is 15.5. The quantitative estimate of drug-likeness (QED) is 0.436. The fourth-order valence-corrected chi connectivity index (χ4v) is 3.99. The third kappa shape index (κ3) is 4.00. The Morgan fingerprint density at radius 1 is 1.06 bits per heavy atom. The van der Waals surface area contributed by atoms with Crippen molar-refractivity contribution in [3.63, 3.8) is 0 Å². The largest absolute Gasteiger partial charge is 0.492 e. The van der Waals surface area contributed by atoms with Gasteiger partial charge in [0.2, 0.25) is 0 Å². The molecule has 0 radical (unpaired) electrons. The number of benzene rings is 1. The van der Waals surface area contributed by atoms with Crippen molar-refractivity contribution in [2.24, 2.45) is 5.92 Å². The molecule has 32 heavy (non-hydrogen) atoms. The second-order valence-electron chi connectivity index (χ2n) is 8.34. The Bertz CT molecular complexity index is 1260. The predicted octanol–water partition coefficient (Wildman–Crippen LogP) is 4.29. The van der Waals surface area contributed by atoms with Crippen LogP contribution in [-0.4, -0.2) is 36.6 Å². The zero-order valence-electron chi connectivity index (χ0n) is 18.4. The van der Waals surface area contributed by atoms with Gasteiger partial charge in [0, 0.05) is 30.3 Å². The van der Waals surface area contributed by atoms with E-state index >= 15 is 0 Å². The van der Waals surface area contributed by atoms with Gasteiger partial charge >= 0.3 is 0 Å². The summed E-state index contributed by atoms with van der Waals surface area (Å²) < 4.78 is 23.1. The Morgan fingerprint density at radius 3 is 2.50 bits per heavy atom. The van der Waals surface area contributed by atoms with Gasteiger partial charge in [0.05, 0.1) is 24.2 Å². The minimum absolute atomic E-state index is 0.275. The maximum absolute atomic E-state index is 13.5. The highest BCUT2D eigenvalue weighted by Crippen LogP contribution is 2.37. The van der Waals surface area contributed by atoms with Gasteiger partial charge < -0.3 is 4.74 Å². The summed E-state index contributed by atoms with van der Waals surface area (Å²) in [5.74, 6) is 1.79. The fraction of sp³-hybridized carbons (Fsp3) is 0.333. The number of nitrogens with zero attached hydrogens (tertiary/aromatic N) is 6. The van der Waals surface area contributed by atoms with Crippen molar-refractivity contribution in [3.05, 3.63) is 71.3 Å². The molecule has 3 heterocycles. The molecular weight excluding hydrogens is 407 g/mol. The van der Waals surface area contributed by atoms with E-state index in [0.717, 1.165) is 46.4 Å². The summed E-state index contributed by atoms with van der Waals surface area (Å²) in [7, 11) is 1.65. The lowest BCUT2D eigenvalue weighted by atomic mass is 10.1. The number of methoxy groups -OCH3 is 1. The Kier molecular flexibility index (Phi) is 5.20. The lowest BCUT2D eigenvalue weighted by Gasteiger charge is -2.10. The topological polar surface area (TPSA) is 70.7 Å². The minimum atomic E-state index is -0.275. The van der Waals surface area contributed by atoms with E-state index in [1.807, 2.05) is 35.3 Å². The molecule has 0 amide bonds. The van der Waals surface area contributed by atoms with E-state index in [1.54, 1.807) is 25.6 Å². The zero-order chi connectivity index (χ0) is 22.2. The predicted molar refractivity (Wildman–Crippen MR) is 118 cm³/mol. The molecule has 1 aliphatic rings. The molecular formula is C24H25FN6O. The molecule has 1 fully saturated rings. The van der Waals surface area contributed by atoms with E-state index in [-0.39, 0.29) is 5.82 Å². The van der Waals surface area contributed by atoms with Gasteiger partial charge in [-0.05, 0) is 62.9 Å². The molecule has 0 bridgehead atoms. The van der Waals surface area contributed by atoms with Crippen LogP contribution in [0.25, 0.3) is 17.1 Å². The zero-order valence-corrected chi connectivity index (χ0v) is 18.4. The van der Waals surface area contributed by atoms with Crippen molar-refractivity contribution >= 4 is 0 Å². The molecule has 0 saturated heterocycles. The average molecular weight is 433 g/mol. The molecule has 3 aromatic heterocycles. The monoisotopic (exact) mass is 432 g/mol. The molecule has 1 saturated carbocycles. The number of aromatic nitrogens is 6. The van der Waals surface area contributed by atoms with E-state index in [9.17, 15) is 4.39 Å². The van der Waals surface area contributed by atoms with Crippen molar-refractivity contribution in [3.8, 4) is 22.8 Å². The number of hydrogen-bond acceptors (Lipinski definition) is 5. The molecule has 0 atom stereocenters. The summed E-state index contributed by atoms with van der Waals surface area (Å²) in [6.07, 6.45) is 4.53. The highest BCUT2D eigenvalue weighted by atomic mass is 19.1. The van der Waals surface area contributed by atoms with Gasteiger partial charge in [0.25, 0.3) is 0 Å². The van der Waals surface area contributed by atoms with E-state index in [4.69, 9.17) is 9.84 Å². The summed E-state index contributed by atoms with van der Waals surface area (Å²) in [5, 5.41) is 9.40. The summed E-state index contributed by atoms with van der Waals surface area (Å²) in [6.45, 7) is 4.80. The highest BCUT2D eigenvalue weighted by Gasteiger charge is 2.27. The van der Waals surface area contributed by atoms with Crippen LogP contribution in [0.1, 0.15) is 35.6 Å². The van der Waals surface area contributed by atoms with Crippen molar-refractivity contribution in [1.29, 1.82) is 0 Å². The Hall–Kier alpha value is -3.55. The Labute approximate surface area is 185 Å². The van der Waals surface area contributed by atoms with E-state index in [0.29, 0.717) is 18.1 Å². The van der Waals surface area contributed by atoms with Crippen LogP contribution in [0.3, 0.4) is 0 Å². The van der Waals surface area contributed by atoms with Crippen molar-refractivity contribution in [2.75, 3.05) is 7.11 Å². The van der Waals surface area contributed by atoms with E-state index < -0.39 is 0 Å². The summed E-state index contributed by atoms with van der Waals surface area (Å²) in [6, 6.07) is 10.3. The molecule has 1 aliphatic carbocycles. The number of halogens is 1. The molecule has 4 aromatic rings. The number of hydrogen-bond donors (Lipinski definition) is 0. The fourth-order valence-electron chi connectivity index (χ4n) is 3.99. The number of rotatable bonds is 7. The second-order valence-corrected chi connectivity index (χ2v) is 8.34. The third-order valence-corrected chi connectivity index (χ3v) is 5.74. The van der Waals surface area contributed by atoms with Gasteiger partial charge in [-0.25, -0.2) is 19.0 Å². The van der Waals surface area contributed by atoms with Gasteiger partial charge in [-0.1, -0.05) is 0 Å². The van der Waals surface area contributed by atoms with Crippen LogP contribution in [0.5, 0.6) is 5.75 Å². The first kappa shape index (κ1) is 20.4. The standard InChI is InChI=1S/C24H25FN6O/c1-15-10-16(2)31(28-15)22-12-20(26-14-27-22)11-21-24(32-3)23(18-6-8-19(25)9-7-18)29-30(21)13-17-4-5-17/h6-10,12,14,17H,4-5,11,13H2,1-3H3. The first-order valence-electron chi connectivity index (χ1n) is 10.8. The molecule has 0 aliphatic heterocycles. The molecule has 1 aromatic carbocycles. The number of ether oxygens (including phenoxy) is 1. The maximum atomic E-state index is 13.5. The van der Waals surface area contributed by atoms with E-state index in [1.165, 1.54) is 25.0 Å². The molecule has 0 spiro atoms. The van der Waals surface area contributed by atoms with Crippen molar-refractivity contribution < 1.29 is 9.13 Å². The maximum Gasteiger partial charge on any atom is 0.168 e. The lowest BCUT2D eigenvalue weighted by Crippen LogP contribution is -2.10. The molecule has 7 nitrogen and oxygen atoms in total. The molecule has 0 N–H and O–H groups in total. The van der Waals surface area contributed by atoms with Gasteiger partial charge in [0.1, 0.15) is 17.8 Å². The van der Waals surface area contributed by atoms with Crippen LogP contribution >= 0.6 is 0 Å². The summed E-state index contributed by atoms with van der Waals surface area (Å²) in [4.78, 5) is 8.91. The lowest BCUT2D eigenvalue weighted by molar-refractivity contribution is 0.408. The first-order valence-corrected chi connectivity index (χ1v) is 10.8. The van der Waals surface area contributed by atoms with Crippen molar-refractivity contribution in [2.45, 2.75) is 39.7 Å². The molecule has 5 rings (SSSR count). The minimum Gasteiger partial charge on any atom is -0.492 e.